The maximum Gasteiger partial charge on any atom is 0.416 e. The zero-order valence-electron chi connectivity index (χ0n) is 19.7. The van der Waals surface area contributed by atoms with E-state index in [1.807, 2.05) is 4.90 Å². The first-order chi connectivity index (χ1) is 17.4. The SMILES string of the molecule is CC(C(=O)N(C)c1ccc(F)cc1)N1CCN(c2nc(=O)c3cc(C(F)(F)F)cc([N+](=O)[O-])c3s2)CC1. The lowest BCUT2D eigenvalue weighted by molar-refractivity contribution is -0.383. The molecule has 0 spiro atoms. The summed E-state index contributed by atoms with van der Waals surface area (Å²) in [4.78, 5) is 45.1. The number of carbonyl (C=O) groups is 1. The van der Waals surface area contributed by atoms with Crippen molar-refractivity contribution in [1.82, 2.24) is 9.88 Å². The fourth-order valence-corrected chi connectivity index (χ4v) is 5.22. The van der Waals surface area contributed by atoms with Crippen molar-refractivity contribution in [1.29, 1.82) is 0 Å². The van der Waals surface area contributed by atoms with Crippen LogP contribution in [-0.2, 0) is 11.0 Å². The molecule has 1 fully saturated rings. The van der Waals surface area contributed by atoms with Crippen LogP contribution in [-0.4, -0.2) is 60.0 Å². The minimum atomic E-state index is -4.86. The van der Waals surface area contributed by atoms with Crippen molar-refractivity contribution in [2.24, 2.45) is 0 Å². The molecule has 37 heavy (non-hydrogen) atoms. The molecule has 4 rings (SSSR count). The number of hydrogen-bond acceptors (Lipinski definition) is 8. The van der Waals surface area contributed by atoms with Crippen LogP contribution in [0.25, 0.3) is 10.1 Å². The Morgan fingerprint density at radius 1 is 1.16 bits per heavy atom. The largest absolute Gasteiger partial charge is 0.416 e. The van der Waals surface area contributed by atoms with Gasteiger partial charge in [-0.15, -0.1) is 0 Å². The highest BCUT2D eigenvalue weighted by Gasteiger charge is 2.35. The first kappa shape index (κ1) is 26.4. The third-order valence-electron chi connectivity index (χ3n) is 6.25. The molecule has 3 aromatic rings. The number of aromatic nitrogens is 1. The third-order valence-corrected chi connectivity index (χ3v) is 7.41. The molecular formula is C23H21F4N5O4S. The van der Waals surface area contributed by atoms with Crippen molar-refractivity contribution < 1.29 is 27.3 Å². The summed E-state index contributed by atoms with van der Waals surface area (Å²) in [5.74, 6) is -0.617. The van der Waals surface area contributed by atoms with E-state index in [-0.39, 0.29) is 15.7 Å². The molecule has 0 bridgehead atoms. The van der Waals surface area contributed by atoms with E-state index in [1.54, 1.807) is 18.9 Å². The Kier molecular flexibility index (Phi) is 7.15. The van der Waals surface area contributed by atoms with E-state index < -0.39 is 45.2 Å². The number of alkyl halides is 3. The molecule has 1 saturated heterocycles. The van der Waals surface area contributed by atoms with Gasteiger partial charge in [0.25, 0.3) is 11.2 Å². The number of non-ortho nitro benzene ring substituents is 1. The first-order valence-electron chi connectivity index (χ1n) is 11.1. The summed E-state index contributed by atoms with van der Waals surface area (Å²) >= 11 is 0.783. The number of nitro groups is 1. The Hall–Kier alpha value is -3.65. The monoisotopic (exact) mass is 539 g/mol. The zero-order chi connectivity index (χ0) is 27.1. The Bertz CT molecular complexity index is 1410. The van der Waals surface area contributed by atoms with Gasteiger partial charge in [-0.2, -0.15) is 18.2 Å². The van der Waals surface area contributed by atoms with Gasteiger partial charge in [0.2, 0.25) is 5.91 Å². The molecule has 0 saturated carbocycles. The Morgan fingerprint density at radius 3 is 2.35 bits per heavy atom. The van der Waals surface area contributed by atoms with Crippen molar-refractivity contribution in [2.75, 3.05) is 43.0 Å². The number of piperazine rings is 1. The van der Waals surface area contributed by atoms with Gasteiger partial charge in [-0.1, -0.05) is 11.3 Å². The minimum absolute atomic E-state index is 0.155. The molecule has 2 heterocycles. The summed E-state index contributed by atoms with van der Waals surface area (Å²) < 4.78 is 52.6. The number of nitro benzene ring substituents is 1. The van der Waals surface area contributed by atoms with Crippen LogP contribution in [0.5, 0.6) is 0 Å². The average molecular weight is 540 g/mol. The minimum Gasteiger partial charge on any atom is -0.345 e. The maximum atomic E-state index is 13.2. The molecular weight excluding hydrogens is 518 g/mol. The summed E-state index contributed by atoms with van der Waals surface area (Å²) in [6, 6.07) is 6.02. The smallest absolute Gasteiger partial charge is 0.345 e. The van der Waals surface area contributed by atoms with Crippen LogP contribution in [0.2, 0.25) is 0 Å². The molecule has 1 aromatic heterocycles. The highest BCUT2D eigenvalue weighted by molar-refractivity contribution is 7.22. The number of hydrogen-bond donors (Lipinski definition) is 0. The van der Waals surface area contributed by atoms with Crippen molar-refractivity contribution in [3.8, 4) is 0 Å². The summed E-state index contributed by atoms with van der Waals surface area (Å²) in [6.07, 6.45) is -4.86. The van der Waals surface area contributed by atoms with E-state index in [2.05, 4.69) is 4.98 Å². The molecule has 1 unspecified atom stereocenters. The van der Waals surface area contributed by atoms with E-state index in [1.165, 1.54) is 29.2 Å². The zero-order valence-corrected chi connectivity index (χ0v) is 20.5. The molecule has 1 aliphatic heterocycles. The molecule has 0 aliphatic carbocycles. The van der Waals surface area contributed by atoms with Gasteiger partial charge in [0.1, 0.15) is 10.5 Å². The summed E-state index contributed by atoms with van der Waals surface area (Å²) in [6.45, 7) is 3.22. The van der Waals surface area contributed by atoms with Crippen LogP contribution in [0.1, 0.15) is 12.5 Å². The van der Waals surface area contributed by atoms with Gasteiger partial charge < -0.3 is 9.80 Å². The Balaban J connectivity index is 1.53. The maximum absolute atomic E-state index is 13.2. The number of carbonyl (C=O) groups excluding carboxylic acids is 1. The van der Waals surface area contributed by atoms with E-state index in [0.29, 0.717) is 44.0 Å². The number of anilines is 2. The number of fused-ring (bicyclic) bond motifs is 1. The van der Waals surface area contributed by atoms with Gasteiger partial charge in [0.05, 0.1) is 21.9 Å². The summed E-state index contributed by atoms with van der Waals surface area (Å²) in [5, 5.41) is 11.2. The Labute approximate surface area is 211 Å². The van der Waals surface area contributed by atoms with Crippen LogP contribution in [0.3, 0.4) is 0 Å². The fourth-order valence-electron chi connectivity index (χ4n) is 4.10. The molecule has 1 amide bonds. The molecule has 14 heteroatoms. The highest BCUT2D eigenvalue weighted by Crippen LogP contribution is 2.38. The molecule has 9 nitrogen and oxygen atoms in total. The lowest BCUT2D eigenvalue weighted by Gasteiger charge is -2.38. The predicted molar refractivity (Wildman–Crippen MR) is 131 cm³/mol. The molecule has 196 valence electrons. The third kappa shape index (κ3) is 5.39. The molecule has 0 N–H and O–H groups in total. The first-order valence-corrected chi connectivity index (χ1v) is 11.9. The highest BCUT2D eigenvalue weighted by atomic mass is 32.1. The van der Waals surface area contributed by atoms with Gasteiger partial charge in [0, 0.05) is 45.0 Å². The van der Waals surface area contributed by atoms with E-state index in [9.17, 15) is 37.3 Å². The standard InChI is InChI=1S/C23H21F4N5O4S/c1-13(21(34)29(2)16-5-3-15(24)4-6-16)30-7-9-31(10-8-30)22-28-20(33)17-11-14(23(25,26)27)12-18(32(35)36)19(17)37-22/h3-6,11-13H,7-10H2,1-2H3. The fraction of sp³-hybridized carbons (Fsp3) is 0.348. The molecule has 2 aromatic carbocycles. The number of halogens is 4. The lowest BCUT2D eigenvalue weighted by Crippen LogP contribution is -2.54. The van der Waals surface area contributed by atoms with Gasteiger partial charge in [0.15, 0.2) is 5.13 Å². The van der Waals surface area contributed by atoms with E-state index in [4.69, 9.17) is 0 Å². The summed E-state index contributed by atoms with van der Waals surface area (Å²) in [5.41, 5.74) is -2.54. The number of likely N-dealkylation sites (N-methyl/N-ethyl adjacent to an activating group) is 1. The molecule has 1 atom stereocenters. The van der Waals surface area contributed by atoms with Crippen molar-refractivity contribution in [2.45, 2.75) is 19.1 Å². The van der Waals surface area contributed by atoms with Crippen molar-refractivity contribution in [3.63, 3.8) is 0 Å². The predicted octanol–water partition coefficient (Wildman–Crippen LogP) is 3.90. The van der Waals surface area contributed by atoms with E-state index in [0.717, 1.165) is 11.3 Å². The van der Waals surface area contributed by atoms with Gasteiger partial charge in [-0.05, 0) is 37.3 Å². The van der Waals surface area contributed by atoms with E-state index >= 15 is 0 Å². The van der Waals surface area contributed by atoms with Crippen LogP contribution >= 0.6 is 11.3 Å². The van der Waals surface area contributed by atoms with Gasteiger partial charge in [-0.3, -0.25) is 24.6 Å². The average Bonchev–Trinajstić information content (AvgIpc) is 2.86. The van der Waals surface area contributed by atoms with Crippen molar-refractivity contribution in [3.05, 3.63) is 68.2 Å². The normalized spacial score (nSPS) is 15.6. The van der Waals surface area contributed by atoms with Crippen LogP contribution in [0.15, 0.2) is 41.2 Å². The quantitative estimate of drug-likeness (QED) is 0.276. The molecule has 1 aliphatic rings. The molecule has 0 radical (unpaired) electrons. The number of rotatable bonds is 5. The second-order valence-electron chi connectivity index (χ2n) is 8.50. The van der Waals surface area contributed by atoms with Crippen LogP contribution < -0.4 is 15.4 Å². The number of amides is 1. The lowest BCUT2D eigenvalue weighted by atomic mass is 10.1. The Morgan fingerprint density at radius 2 is 1.78 bits per heavy atom. The second-order valence-corrected chi connectivity index (χ2v) is 9.48. The van der Waals surface area contributed by atoms with Crippen LogP contribution in [0.4, 0.5) is 34.1 Å². The van der Waals surface area contributed by atoms with Gasteiger partial charge >= 0.3 is 6.18 Å². The number of benzene rings is 2. The second kappa shape index (κ2) is 10.0. The van der Waals surface area contributed by atoms with Gasteiger partial charge in [-0.25, -0.2) is 4.39 Å². The van der Waals surface area contributed by atoms with Crippen LogP contribution in [0, 0.1) is 15.9 Å². The summed E-state index contributed by atoms with van der Waals surface area (Å²) in [7, 11) is 1.59. The topological polar surface area (TPSA) is 99.9 Å². The van der Waals surface area contributed by atoms with Crippen molar-refractivity contribution >= 4 is 43.8 Å². The number of nitrogens with zero attached hydrogens (tertiary/aromatic N) is 5.